The number of likely N-dealkylation sites (tertiary alicyclic amines) is 1. The highest BCUT2D eigenvalue weighted by atomic mass is 19.4. The van der Waals surface area contributed by atoms with Crippen LogP contribution in [0.1, 0.15) is 47.2 Å². The molecule has 0 atom stereocenters. The Morgan fingerprint density at radius 2 is 1.40 bits per heavy atom. The molecule has 0 unspecified atom stereocenters. The van der Waals surface area contributed by atoms with Crippen LogP contribution >= 0.6 is 0 Å². The molecule has 1 aromatic carbocycles. The van der Waals surface area contributed by atoms with Gasteiger partial charge in [0.15, 0.2) is 0 Å². The molecule has 2 N–H and O–H groups in total. The molecule has 0 saturated carbocycles. The quantitative estimate of drug-likeness (QED) is 0.491. The minimum Gasteiger partial charge on any atom is -0.355 e. The maximum atomic E-state index is 13.0. The van der Waals surface area contributed by atoms with Crippen LogP contribution in [0.15, 0.2) is 18.2 Å². The second-order valence-corrected chi connectivity index (χ2v) is 8.25. The molecule has 0 aromatic heterocycles. The van der Waals surface area contributed by atoms with Crippen molar-refractivity contribution in [2.24, 2.45) is 5.92 Å². The third-order valence-electron chi connectivity index (χ3n) is 5.49. The number of rotatable bonds is 8. The summed E-state index contributed by atoms with van der Waals surface area (Å²) in [5, 5.41) is 4.79. The number of piperidine rings is 1. The predicted molar refractivity (Wildman–Crippen MR) is 106 cm³/mol. The summed E-state index contributed by atoms with van der Waals surface area (Å²) in [6, 6.07) is 0.692. The highest BCUT2D eigenvalue weighted by Gasteiger charge is 2.37. The summed E-state index contributed by atoms with van der Waals surface area (Å²) in [6.07, 6.45) is -15.2. The van der Waals surface area contributed by atoms with Crippen molar-refractivity contribution in [1.29, 1.82) is 0 Å². The zero-order valence-corrected chi connectivity index (χ0v) is 18.3. The second-order valence-electron chi connectivity index (χ2n) is 8.25. The van der Waals surface area contributed by atoms with Crippen LogP contribution in [-0.2, 0) is 17.1 Å². The van der Waals surface area contributed by atoms with Gasteiger partial charge in [-0.2, -0.15) is 39.5 Å². The maximum Gasteiger partial charge on any atom is 0.416 e. The number of benzene rings is 1. The molecule has 0 bridgehead atoms. The first-order chi connectivity index (χ1) is 16.0. The first-order valence-corrected chi connectivity index (χ1v) is 10.7. The zero-order chi connectivity index (χ0) is 26.4. The summed E-state index contributed by atoms with van der Waals surface area (Å²) in [4.78, 5) is 25.6. The minimum absolute atomic E-state index is 0.0503. The lowest BCUT2D eigenvalue weighted by Crippen LogP contribution is -2.42. The largest absolute Gasteiger partial charge is 0.416 e. The summed E-state index contributed by atoms with van der Waals surface area (Å²) in [7, 11) is 0. The van der Waals surface area contributed by atoms with Gasteiger partial charge in [-0.1, -0.05) is 0 Å². The van der Waals surface area contributed by atoms with Crippen molar-refractivity contribution in [3.63, 3.8) is 0 Å². The number of hydrogen-bond donors (Lipinski definition) is 2. The number of nitrogens with one attached hydrogen (secondary N) is 2. The molecule has 1 heterocycles. The van der Waals surface area contributed by atoms with Gasteiger partial charge in [0.05, 0.1) is 17.5 Å². The number of hydrogen-bond acceptors (Lipinski definition) is 3. The first kappa shape index (κ1) is 28.7. The Morgan fingerprint density at radius 3 is 1.89 bits per heavy atom. The van der Waals surface area contributed by atoms with E-state index >= 15 is 0 Å². The van der Waals surface area contributed by atoms with E-state index in [1.165, 1.54) is 0 Å². The van der Waals surface area contributed by atoms with Gasteiger partial charge in [-0.3, -0.25) is 9.59 Å². The lowest BCUT2D eigenvalue weighted by molar-refractivity contribution is -0.144. The van der Waals surface area contributed by atoms with Crippen molar-refractivity contribution < 1.29 is 49.1 Å². The Hall–Kier alpha value is -2.51. The molecule has 2 rings (SSSR count). The van der Waals surface area contributed by atoms with Crippen molar-refractivity contribution in [1.82, 2.24) is 15.5 Å². The first-order valence-electron chi connectivity index (χ1n) is 10.7. The van der Waals surface area contributed by atoms with E-state index in [2.05, 4.69) is 10.6 Å². The van der Waals surface area contributed by atoms with E-state index in [0.29, 0.717) is 44.6 Å². The molecule has 0 spiro atoms. The topological polar surface area (TPSA) is 61.4 Å². The fourth-order valence-electron chi connectivity index (χ4n) is 3.54. The number of halogens is 9. The third-order valence-corrected chi connectivity index (χ3v) is 5.49. The molecule has 35 heavy (non-hydrogen) atoms. The number of amides is 2. The molecule has 1 aliphatic heterocycles. The van der Waals surface area contributed by atoms with E-state index in [1.54, 1.807) is 0 Å². The fraction of sp³-hybridized carbons (Fsp3) is 0.619. The standard InChI is InChI=1S/C21H24F9N3O2/c22-19(23,24)4-1-17(34)31-5-8-33-6-2-13(3-7-33)12-32-18(35)14-9-15(20(25,26)27)11-16(10-14)21(28,29)30/h9-11,13H,1-8,12H2,(H,31,34)(H,32,35). The van der Waals surface area contributed by atoms with E-state index in [9.17, 15) is 49.1 Å². The highest BCUT2D eigenvalue weighted by molar-refractivity contribution is 5.94. The Kier molecular flexibility index (Phi) is 9.42. The van der Waals surface area contributed by atoms with Gasteiger partial charge in [0, 0.05) is 31.6 Å². The lowest BCUT2D eigenvalue weighted by Gasteiger charge is -2.32. The van der Waals surface area contributed by atoms with Gasteiger partial charge in [0.2, 0.25) is 5.91 Å². The van der Waals surface area contributed by atoms with E-state index in [1.807, 2.05) is 4.90 Å². The van der Waals surface area contributed by atoms with Crippen molar-refractivity contribution in [3.8, 4) is 0 Å². The molecule has 1 saturated heterocycles. The molecule has 0 radical (unpaired) electrons. The third kappa shape index (κ3) is 9.94. The molecule has 1 aromatic rings. The van der Waals surface area contributed by atoms with E-state index < -0.39 is 59.9 Å². The summed E-state index contributed by atoms with van der Waals surface area (Å²) >= 11 is 0. The molecule has 0 aliphatic carbocycles. The van der Waals surface area contributed by atoms with Crippen LogP contribution in [0.5, 0.6) is 0 Å². The van der Waals surface area contributed by atoms with Gasteiger partial charge in [0.1, 0.15) is 0 Å². The second kappa shape index (κ2) is 11.5. The molecule has 1 aliphatic rings. The smallest absolute Gasteiger partial charge is 0.355 e. The van der Waals surface area contributed by atoms with Gasteiger partial charge >= 0.3 is 18.5 Å². The van der Waals surface area contributed by atoms with Crippen LogP contribution in [0.4, 0.5) is 39.5 Å². The van der Waals surface area contributed by atoms with E-state index in [4.69, 9.17) is 0 Å². The molecule has 5 nitrogen and oxygen atoms in total. The lowest BCUT2D eigenvalue weighted by atomic mass is 9.96. The summed E-state index contributed by atoms with van der Waals surface area (Å²) in [5.74, 6) is -1.82. The number of carbonyl (C=O) groups excluding carboxylic acids is 2. The van der Waals surface area contributed by atoms with Crippen molar-refractivity contribution in [2.75, 3.05) is 32.7 Å². The predicted octanol–water partition coefficient (Wildman–Crippen LogP) is 4.62. The van der Waals surface area contributed by atoms with Crippen LogP contribution in [0.25, 0.3) is 0 Å². The molecule has 1 fully saturated rings. The SMILES string of the molecule is O=C(CCC(F)(F)F)NCCN1CCC(CNC(=O)c2cc(C(F)(F)F)cc(C(F)(F)F)c2)CC1. The summed E-state index contributed by atoms with van der Waals surface area (Å²) in [6.45, 7) is 1.70. The van der Waals surface area contributed by atoms with Gasteiger partial charge in [-0.15, -0.1) is 0 Å². The fourth-order valence-corrected chi connectivity index (χ4v) is 3.54. The number of alkyl halides is 9. The van der Waals surface area contributed by atoms with Crippen molar-refractivity contribution in [3.05, 3.63) is 34.9 Å². The number of nitrogens with zero attached hydrogens (tertiary/aromatic N) is 1. The van der Waals surface area contributed by atoms with Gasteiger partial charge in [-0.05, 0) is 50.0 Å². The monoisotopic (exact) mass is 521 g/mol. The van der Waals surface area contributed by atoms with Crippen LogP contribution in [0.2, 0.25) is 0 Å². The normalized spacial score (nSPS) is 16.3. The van der Waals surface area contributed by atoms with Crippen LogP contribution in [0, 0.1) is 5.92 Å². The Balaban J connectivity index is 1.79. The average molecular weight is 521 g/mol. The van der Waals surface area contributed by atoms with Crippen LogP contribution in [-0.4, -0.2) is 55.6 Å². The maximum absolute atomic E-state index is 13.0. The molecule has 198 valence electrons. The molecule has 14 heteroatoms. The Bertz CT molecular complexity index is 842. The Labute approximate surface area is 195 Å². The van der Waals surface area contributed by atoms with Gasteiger partial charge < -0.3 is 15.5 Å². The van der Waals surface area contributed by atoms with E-state index in [0.717, 1.165) is 0 Å². The summed E-state index contributed by atoms with van der Waals surface area (Å²) < 4.78 is 114. The highest BCUT2D eigenvalue weighted by Crippen LogP contribution is 2.36. The molecule has 2 amide bonds. The van der Waals surface area contributed by atoms with E-state index in [-0.39, 0.29) is 25.1 Å². The number of carbonyl (C=O) groups is 2. The summed E-state index contributed by atoms with van der Waals surface area (Å²) in [5.41, 5.74) is -3.89. The minimum atomic E-state index is -5.05. The van der Waals surface area contributed by atoms with Crippen LogP contribution < -0.4 is 10.6 Å². The average Bonchev–Trinajstić information content (AvgIpc) is 2.75. The zero-order valence-electron chi connectivity index (χ0n) is 18.3. The van der Waals surface area contributed by atoms with Crippen molar-refractivity contribution >= 4 is 11.8 Å². The molecular weight excluding hydrogens is 497 g/mol. The molecular formula is C21H24F9N3O2. The van der Waals surface area contributed by atoms with Gasteiger partial charge in [0.25, 0.3) is 5.91 Å². The van der Waals surface area contributed by atoms with Gasteiger partial charge in [-0.25, -0.2) is 0 Å². The Morgan fingerprint density at radius 1 is 0.857 bits per heavy atom. The van der Waals surface area contributed by atoms with Crippen LogP contribution in [0.3, 0.4) is 0 Å². The van der Waals surface area contributed by atoms with Crippen molar-refractivity contribution in [2.45, 2.75) is 44.2 Å².